The van der Waals surface area contributed by atoms with E-state index in [2.05, 4.69) is 50.8 Å². The highest BCUT2D eigenvalue weighted by molar-refractivity contribution is 6.88. The Balaban J connectivity index is 2.89. The normalized spacial score (nSPS) is 13.9. The summed E-state index contributed by atoms with van der Waals surface area (Å²) < 4.78 is 0. The Kier molecular flexibility index (Phi) is 4.11. The molecule has 2 heteroatoms. The summed E-state index contributed by atoms with van der Waals surface area (Å²) in [6, 6.07) is 8.83. The van der Waals surface area contributed by atoms with E-state index in [9.17, 15) is 5.11 Å². The number of aliphatic hydroxyl groups is 1. The minimum absolute atomic E-state index is 0.253. The maximum Gasteiger partial charge on any atom is 0.0775 e. The second-order valence-electron chi connectivity index (χ2n) is 5.16. The van der Waals surface area contributed by atoms with Crippen molar-refractivity contribution >= 4 is 13.3 Å². The molecule has 0 saturated carbocycles. The molecule has 1 nitrogen and oxygen atoms in total. The van der Waals surface area contributed by atoms with Crippen molar-refractivity contribution in [2.45, 2.75) is 38.9 Å². The second kappa shape index (κ2) is 4.95. The summed E-state index contributed by atoms with van der Waals surface area (Å²) in [7, 11) is -1.17. The summed E-state index contributed by atoms with van der Waals surface area (Å²) >= 11 is 0. The molecule has 1 N–H and O–H groups in total. The van der Waals surface area contributed by atoms with Gasteiger partial charge in [0.05, 0.1) is 8.07 Å². The average Bonchev–Trinajstić information content (AvgIpc) is 2.19. The summed E-state index contributed by atoms with van der Waals surface area (Å²) in [6.45, 7) is 9.43. The molecule has 1 aromatic rings. The van der Waals surface area contributed by atoms with Gasteiger partial charge in [-0.15, -0.1) is 0 Å². The number of benzene rings is 1. The van der Waals surface area contributed by atoms with Crippen molar-refractivity contribution in [1.29, 1.82) is 0 Å². The molecular weight excluding hydrogens is 200 g/mol. The van der Waals surface area contributed by atoms with Crippen LogP contribution in [0.4, 0.5) is 0 Å². The van der Waals surface area contributed by atoms with Crippen LogP contribution < -0.4 is 5.19 Å². The monoisotopic (exact) mass is 222 g/mol. The van der Waals surface area contributed by atoms with E-state index in [4.69, 9.17) is 0 Å². The van der Waals surface area contributed by atoms with E-state index in [1.54, 1.807) is 0 Å². The molecule has 15 heavy (non-hydrogen) atoms. The zero-order valence-electron chi connectivity index (χ0n) is 10.2. The lowest BCUT2D eigenvalue weighted by atomic mass is 9.98. The van der Waals surface area contributed by atoms with Crippen LogP contribution in [0.25, 0.3) is 0 Å². The minimum atomic E-state index is -1.17. The van der Waals surface area contributed by atoms with E-state index in [1.165, 1.54) is 10.8 Å². The van der Waals surface area contributed by atoms with Crippen LogP contribution >= 0.6 is 0 Å². The predicted molar refractivity (Wildman–Crippen MR) is 69.5 cm³/mol. The van der Waals surface area contributed by atoms with E-state index < -0.39 is 8.07 Å². The molecule has 0 radical (unpaired) electrons. The van der Waals surface area contributed by atoms with Gasteiger partial charge in [0.25, 0.3) is 0 Å². The molecule has 1 rings (SSSR count). The van der Waals surface area contributed by atoms with E-state index in [0.717, 1.165) is 6.42 Å². The summed E-state index contributed by atoms with van der Waals surface area (Å²) in [5.74, 6) is 0.306. The molecule has 0 aliphatic carbocycles. The smallest absolute Gasteiger partial charge is 0.0775 e. The Labute approximate surface area is 94.2 Å². The zero-order chi connectivity index (χ0) is 11.5. The van der Waals surface area contributed by atoms with Gasteiger partial charge in [-0.3, -0.25) is 0 Å². The quantitative estimate of drug-likeness (QED) is 0.777. The molecule has 84 valence electrons. The standard InChI is InChI=1S/C13H22OSi/c1-5-11(10-14)12-6-8-13(9-7-12)15(2,3)4/h6-9,11,14H,5,10H2,1-4H3. The Morgan fingerprint density at radius 3 is 2.00 bits per heavy atom. The van der Waals surface area contributed by atoms with Crippen molar-refractivity contribution in [3.8, 4) is 0 Å². The van der Waals surface area contributed by atoms with Gasteiger partial charge in [-0.25, -0.2) is 0 Å². The SMILES string of the molecule is CCC(CO)c1ccc([Si](C)(C)C)cc1. The summed E-state index contributed by atoms with van der Waals surface area (Å²) in [6.07, 6.45) is 1.00. The second-order valence-corrected chi connectivity index (χ2v) is 10.2. The average molecular weight is 222 g/mol. The van der Waals surface area contributed by atoms with Crippen LogP contribution in [0.15, 0.2) is 24.3 Å². The molecule has 1 atom stereocenters. The summed E-state index contributed by atoms with van der Waals surface area (Å²) in [5, 5.41) is 10.7. The lowest BCUT2D eigenvalue weighted by Crippen LogP contribution is -2.37. The topological polar surface area (TPSA) is 20.2 Å². The van der Waals surface area contributed by atoms with Crippen LogP contribution in [0.3, 0.4) is 0 Å². The van der Waals surface area contributed by atoms with Crippen LogP contribution in [0.5, 0.6) is 0 Å². The van der Waals surface area contributed by atoms with E-state index in [-0.39, 0.29) is 6.61 Å². The Hall–Kier alpha value is -0.603. The molecule has 0 saturated heterocycles. The molecule has 0 aromatic heterocycles. The van der Waals surface area contributed by atoms with Gasteiger partial charge < -0.3 is 5.11 Å². The van der Waals surface area contributed by atoms with Crippen molar-refractivity contribution in [3.63, 3.8) is 0 Å². The molecule has 0 fully saturated rings. The molecule has 0 aliphatic heterocycles. The third-order valence-electron chi connectivity index (χ3n) is 2.96. The third kappa shape index (κ3) is 3.18. The first-order valence-electron chi connectivity index (χ1n) is 5.70. The zero-order valence-corrected chi connectivity index (χ0v) is 11.2. The van der Waals surface area contributed by atoms with Crippen LogP contribution in [0.2, 0.25) is 19.6 Å². The van der Waals surface area contributed by atoms with E-state index in [1.807, 2.05) is 0 Å². The van der Waals surface area contributed by atoms with Gasteiger partial charge in [-0.2, -0.15) is 0 Å². The fourth-order valence-electron chi connectivity index (χ4n) is 1.73. The first-order valence-corrected chi connectivity index (χ1v) is 9.20. The van der Waals surface area contributed by atoms with Gasteiger partial charge in [-0.05, 0) is 12.0 Å². The highest BCUT2D eigenvalue weighted by atomic mass is 28.3. The van der Waals surface area contributed by atoms with Crippen molar-refractivity contribution in [2.75, 3.05) is 6.61 Å². The molecular formula is C13H22OSi. The van der Waals surface area contributed by atoms with Crippen LogP contribution in [-0.4, -0.2) is 19.8 Å². The highest BCUT2D eigenvalue weighted by Crippen LogP contribution is 2.18. The Bertz CT molecular complexity index is 293. The molecule has 0 bridgehead atoms. The van der Waals surface area contributed by atoms with Crippen molar-refractivity contribution < 1.29 is 5.11 Å². The van der Waals surface area contributed by atoms with Crippen LogP contribution in [-0.2, 0) is 0 Å². The molecule has 1 unspecified atom stereocenters. The highest BCUT2D eigenvalue weighted by Gasteiger charge is 2.16. The van der Waals surface area contributed by atoms with E-state index >= 15 is 0 Å². The maximum atomic E-state index is 9.22. The number of hydrogen-bond acceptors (Lipinski definition) is 1. The van der Waals surface area contributed by atoms with Crippen molar-refractivity contribution in [3.05, 3.63) is 29.8 Å². The lowest BCUT2D eigenvalue weighted by molar-refractivity contribution is 0.262. The maximum absolute atomic E-state index is 9.22. The Morgan fingerprint density at radius 1 is 1.13 bits per heavy atom. The third-order valence-corrected chi connectivity index (χ3v) is 5.03. The lowest BCUT2D eigenvalue weighted by Gasteiger charge is -2.18. The van der Waals surface area contributed by atoms with Gasteiger partial charge in [0.15, 0.2) is 0 Å². The largest absolute Gasteiger partial charge is 0.396 e. The van der Waals surface area contributed by atoms with Gasteiger partial charge in [0, 0.05) is 12.5 Å². The number of hydrogen-bond donors (Lipinski definition) is 1. The van der Waals surface area contributed by atoms with Crippen LogP contribution in [0.1, 0.15) is 24.8 Å². The molecule has 0 aliphatic rings. The first-order chi connectivity index (χ1) is 6.99. The molecule has 0 heterocycles. The van der Waals surface area contributed by atoms with Gasteiger partial charge in [0.2, 0.25) is 0 Å². The van der Waals surface area contributed by atoms with E-state index in [0.29, 0.717) is 5.92 Å². The fraction of sp³-hybridized carbons (Fsp3) is 0.538. The fourth-order valence-corrected chi connectivity index (χ4v) is 2.89. The van der Waals surface area contributed by atoms with Gasteiger partial charge >= 0.3 is 0 Å². The van der Waals surface area contributed by atoms with Crippen molar-refractivity contribution in [1.82, 2.24) is 0 Å². The minimum Gasteiger partial charge on any atom is -0.396 e. The van der Waals surface area contributed by atoms with Gasteiger partial charge in [0.1, 0.15) is 0 Å². The van der Waals surface area contributed by atoms with Crippen LogP contribution in [0, 0.1) is 0 Å². The summed E-state index contributed by atoms with van der Waals surface area (Å²) in [5.41, 5.74) is 1.27. The van der Waals surface area contributed by atoms with Crippen molar-refractivity contribution in [2.24, 2.45) is 0 Å². The number of aliphatic hydroxyl groups excluding tert-OH is 1. The molecule has 0 spiro atoms. The molecule has 0 amide bonds. The predicted octanol–water partition coefficient (Wildman–Crippen LogP) is 2.72. The summed E-state index contributed by atoms with van der Waals surface area (Å²) in [4.78, 5) is 0. The number of rotatable bonds is 4. The Morgan fingerprint density at radius 2 is 1.67 bits per heavy atom. The molecule has 1 aromatic carbocycles. The van der Waals surface area contributed by atoms with Gasteiger partial charge in [-0.1, -0.05) is 56.0 Å². The first kappa shape index (κ1) is 12.5.